The van der Waals surface area contributed by atoms with E-state index in [1.54, 1.807) is 0 Å². The molecular weight excluding hydrogens is 300 g/mol. The Labute approximate surface area is 128 Å². The van der Waals surface area contributed by atoms with Crippen LogP contribution < -0.4 is 10.6 Å². The third kappa shape index (κ3) is 3.92. The second-order valence-electron chi connectivity index (χ2n) is 5.78. The summed E-state index contributed by atoms with van der Waals surface area (Å²) >= 11 is 4.13. The Balaban J connectivity index is 1.85. The van der Waals surface area contributed by atoms with Gasteiger partial charge in [-0.05, 0) is 27.7 Å². The summed E-state index contributed by atoms with van der Waals surface area (Å²) in [5.74, 6) is 2.51. The van der Waals surface area contributed by atoms with Crippen molar-refractivity contribution in [3.05, 3.63) is 0 Å². The van der Waals surface area contributed by atoms with Gasteiger partial charge in [-0.25, -0.2) is 0 Å². The summed E-state index contributed by atoms with van der Waals surface area (Å²) in [6, 6.07) is 0. The minimum absolute atomic E-state index is 0.284. The molecule has 18 heavy (non-hydrogen) atoms. The first kappa shape index (κ1) is 15.7. The fraction of sp³-hybridized carbons (Fsp3) is 1.00. The van der Waals surface area contributed by atoms with Gasteiger partial charge in [-0.2, -0.15) is 0 Å². The highest BCUT2D eigenvalue weighted by Crippen LogP contribution is 2.50. The van der Waals surface area contributed by atoms with Crippen molar-refractivity contribution in [2.75, 3.05) is 24.6 Å². The minimum atomic E-state index is 0.284. The molecular formula is C12H24N2S4. The molecule has 0 spiro atoms. The molecule has 2 aliphatic rings. The number of nitrogens with one attached hydrogen (secondary N) is 2. The van der Waals surface area contributed by atoms with Crippen LogP contribution in [0.15, 0.2) is 0 Å². The number of hydrogen-bond acceptors (Lipinski definition) is 6. The van der Waals surface area contributed by atoms with Crippen LogP contribution in [0.3, 0.4) is 0 Å². The number of rotatable bonds is 5. The zero-order chi connectivity index (χ0) is 13.2. The predicted octanol–water partition coefficient (Wildman–Crippen LogP) is 3.25. The van der Waals surface area contributed by atoms with Crippen molar-refractivity contribution in [3.8, 4) is 0 Å². The van der Waals surface area contributed by atoms with Crippen LogP contribution in [-0.4, -0.2) is 44.8 Å². The van der Waals surface area contributed by atoms with E-state index >= 15 is 0 Å². The van der Waals surface area contributed by atoms with Crippen LogP contribution in [0.2, 0.25) is 0 Å². The fourth-order valence-electron chi connectivity index (χ4n) is 2.05. The Bertz CT molecular complexity index is 243. The monoisotopic (exact) mass is 324 g/mol. The van der Waals surface area contributed by atoms with Crippen molar-refractivity contribution in [1.29, 1.82) is 0 Å². The van der Waals surface area contributed by atoms with E-state index in [1.807, 2.05) is 21.6 Å². The molecule has 2 fully saturated rings. The summed E-state index contributed by atoms with van der Waals surface area (Å²) in [6.07, 6.45) is 0. The summed E-state index contributed by atoms with van der Waals surface area (Å²) in [4.78, 5) is 0. The second-order valence-corrected chi connectivity index (χ2v) is 11.6. The molecule has 2 heterocycles. The summed E-state index contributed by atoms with van der Waals surface area (Å²) in [5.41, 5.74) is 0. The lowest BCUT2D eigenvalue weighted by atomic mass is 10.2. The molecule has 2 atom stereocenters. The van der Waals surface area contributed by atoms with Crippen LogP contribution in [0.1, 0.15) is 27.7 Å². The van der Waals surface area contributed by atoms with Gasteiger partial charge < -0.3 is 10.6 Å². The van der Waals surface area contributed by atoms with Crippen LogP contribution in [0, 0.1) is 0 Å². The molecule has 2 saturated heterocycles. The van der Waals surface area contributed by atoms with E-state index in [9.17, 15) is 0 Å². The quantitative estimate of drug-likeness (QED) is 0.753. The van der Waals surface area contributed by atoms with Crippen LogP contribution in [-0.2, 0) is 0 Å². The van der Waals surface area contributed by atoms with Crippen LogP contribution in [0.25, 0.3) is 0 Å². The first-order valence-corrected chi connectivity index (χ1v) is 10.7. The van der Waals surface area contributed by atoms with E-state index in [-0.39, 0.29) is 9.49 Å². The van der Waals surface area contributed by atoms with E-state index in [2.05, 4.69) is 61.9 Å². The van der Waals surface area contributed by atoms with Crippen molar-refractivity contribution in [1.82, 2.24) is 10.6 Å². The van der Waals surface area contributed by atoms with Crippen molar-refractivity contribution in [2.45, 2.75) is 47.9 Å². The van der Waals surface area contributed by atoms with Gasteiger partial charge in [0.1, 0.15) is 0 Å². The lowest BCUT2D eigenvalue weighted by Crippen LogP contribution is -2.41. The molecule has 6 heteroatoms. The Hall–Kier alpha value is 1.32. The van der Waals surface area contributed by atoms with E-state index < -0.39 is 0 Å². The Morgan fingerprint density at radius 2 is 1.22 bits per heavy atom. The summed E-state index contributed by atoms with van der Waals surface area (Å²) in [6.45, 7) is 11.8. The van der Waals surface area contributed by atoms with Gasteiger partial charge in [0.25, 0.3) is 0 Å². The van der Waals surface area contributed by atoms with E-state index in [0.717, 1.165) is 13.1 Å². The van der Waals surface area contributed by atoms with Gasteiger partial charge in [-0.3, -0.25) is 0 Å². The summed E-state index contributed by atoms with van der Waals surface area (Å²) in [5, 5.41) is 8.41. The molecule has 2 nitrogen and oxygen atoms in total. The van der Waals surface area contributed by atoms with Gasteiger partial charge in [0.05, 0.1) is 10.7 Å². The van der Waals surface area contributed by atoms with Crippen molar-refractivity contribution in [2.24, 2.45) is 0 Å². The molecule has 2 N–H and O–H groups in total. The normalized spacial score (nSPS) is 30.0. The van der Waals surface area contributed by atoms with Crippen LogP contribution >= 0.6 is 45.1 Å². The SMILES string of the molecule is CC(C)(SSC(C)(C)C1NCCS1)C1NCCS1. The van der Waals surface area contributed by atoms with Crippen molar-refractivity contribution in [3.63, 3.8) is 0 Å². The van der Waals surface area contributed by atoms with E-state index in [1.165, 1.54) is 11.5 Å². The largest absolute Gasteiger partial charge is 0.303 e. The molecule has 0 saturated carbocycles. The molecule has 0 aromatic carbocycles. The van der Waals surface area contributed by atoms with E-state index in [4.69, 9.17) is 0 Å². The Morgan fingerprint density at radius 3 is 1.50 bits per heavy atom. The summed E-state index contributed by atoms with van der Waals surface area (Å²) in [7, 11) is 4.10. The highest BCUT2D eigenvalue weighted by Gasteiger charge is 2.38. The molecule has 2 unspecified atom stereocenters. The lowest BCUT2D eigenvalue weighted by molar-refractivity contribution is 0.585. The number of thioether (sulfide) groups is 2. The third-order valence-corrected chi connectivity index (χ3v) is 10.8. The smallest absolute Gasteiger partial charge is 0.0684 e. The average Bonchev–Trinajstić information content (AvgIpc) is 2.99. The first-order valence-electron chi connectivity index (χ1n) is 6.49. The second kappa shape index (κ2) is 6.39. The van der Waals surface area contributed by atoms with Crippen molar-refractivity contribution >= 4 is 45.1 Å². The highest BCUT2D eigenvalue weighted by atomic mass is 33.1. The molecule has 2 aliphatic heterocycles. The molecule has 0 bridgehead atoms. The first-order chi connectivity index (χ1) is 8.42. The zero-order valence-electron chi connectivity index (χ0n) is 11.6. The molecule has 106 valence electrons. The van der Waals surface area contributed by atoms with E-state index in [0.29, 0.717) is 10.7 Å². The van der Waals surface area contributed by atoms with Gasteiger partial charge in [-0.15, -0.1) is 23.5 Å². The highest BCUT2D eigenvalue weighted by molar-refractivity contribution is 8.77. The fourth-order valence-corrected chi connectivity index (χ4v) is 7.96. The molecule has 2 rings (SSSR count). The maximum atomic E-state index is 3.61. The van der Waals surface area contributed by atoms with Gasteiger partial charge in [0.15, 0.2) is 0 Å². The number of hydrogen-bond donors (Lipinski definition) is 2. The average molecular weight is 325 g/mol. The van der Waals surface area contributed by atoms with Gasteiger partial charge in [0, 0.05) is 34.1 Å². The maximum absolute atomic E-state index is 3.61. The molecule has 0 aliphatic carbocycles. The van der Waals surface area contributed by atoms with Gasteiger partial charge >= 0.3 is 0 Å². The minimum Gasteiger partial charge on any atom is -0.303 e. The Morgan fingerprint density at radius 1 is 0.833 bits per heavy atom. The maximum Gasteiger partial charge on any atom is 0.0684 e. The molecule has 0 aromatic rings. The summed E-state index contributed by atoms with van der Waals surface area (Å²) < 4.78 is 0.568. The molecule has 0 aromatic heterocycles. The molecule has 0 radical (unpaired) electrons. The third-order valence-electron chi connectivity index (χ3n) is 3.17. The predicted molar refractivity (Wildman–Crippen MR) is 91.8 cm³/mol. The Kier molecular flexibility index (Phi) is 5.58. The zero-order valence-corrected chi connectivity index (χ0v) is 14.9. The van der Waals surface area contributed by atoms with Gasteiger partial charge in [-0.1, -0.05) is 21.6 Å². The van der Waals surface area contributed by atoms with Gasteiger partial charge in [0.2, 0.25) is 0 Å². The lowest BCUT2D eigenvalue weighted by Gasteiger charge is -2.36. The molecule has 0 amide bonds. The van der Waals surface area contributed by atoms with Crippen LogP contribution in [0.4, 0.5) is 0 Å². The van der Waals surface area contributed by atoms with Crippen LogP contribution in [0.5, 0.6) is 0 Å². The standard InChI is InChI=1S/C12H24N2S4/c1-11(2,9-13-5-7-15-9)17-18-12(3,4)10-14-6-8-16-10/h9-10,13-14H,5-8H2,1-4H3. The topological polar surface area (TPSA) is 24.1 Å². The van der Waals surface area contributed by atoms with Crippen molar-refractivity contribution < 1.29 is 0 Å².